The smallest absolute Gasteiger partial charge is 0.297 e. The summed E-state index contributed by atoms with van der Waals surface area (Å²) < 4.78 is 25.1. The van der Waals surface area contributed by atoms with Gasteiger partial charge < -0.3 is 9.15 Å². The molecule has 9 heteroatoms. The molecule has 0 fully saturated rings. The maximum absolute atomic E-state index is 14.0. The van der Waals surface area contributed by atoms with Crippen LogP contribution in [0.3, 0.4) is 0 Å². The number of amides is 1. The van der Waals surface area contributed by atoms with Crippen molar-refractivity contribution in [1.29, 1.82) is 0 Å². The van der Waals surface area contributed by atoms with Crippen LogP contribution in [0.2, 0.25) is 0 Å². The molecule has 2 aromatic heterocycles. The largest absolute Gasteiger partial charge is 0.497 e. The Morgan fingerprint density at radius 2 is 2.00 bits per heavy atom. The van der Waals surface area contributed by atoms with Crippen molar-refractivity contribution < 1.29 is 18.3 Å². The number of anilines is 1. The number of methoxy groups -OCH3 is 1. The van der Waals surface area contributed by atoms with Gasteiger partial charge in [0, 0.05) is 6.07 Å². The van der Waals surface area contributed by atoms with E-state index in [0.29, 0.717) is 26.8 Å². The second-order valence-corrected chi connectivity index (χ2v) is 7.93. The van der Waals surface area contributed by atoms with Crippen LogP contribution >= 0.6 is 11.3 Å². The van der Waals surface area contributed by atoms with E-state index in [-0.39, 0.29) is 22.3 Å². The van der Waals surface area contributed by atoms with Crippen molar-refractivity contribution in [3.05, 3.63) is 80.4 Å². The number of hydrogen-bond donors (Lipinski definition) is 0. The molecule has 0 saturated heterocycles. The topological polar surface area (TPSA) is 85.5 Å². The van der Waals surface area contributed by atoms with Gasteiger partial charge in [0.05, 0.1) is 24.1 Å². The SMILES string of the molecule is COc1ccc2c(=O)c3c(oc2c1)C(=O)N(c1nnc(C)s1)[C@@H]3c1cccc(F)c1. The van der Waals surface area contributed by atoms with E-state index in [4.69, 9.17) is 9.15 Å². The average molecular weight is 423 g/mol. The second kappa shape index (κ2) is 6.74. The van der Waals surface area contributed by atoms with Crippen LogP contribution in [-0.2, 0) is 0 Å². The Balaban J connectivity index is 1.82. The minimum atomic E-state index is -0.877. The summed E-state index contributed by atoms with van der Waals surface area (Å²) in [6.07, 6.45) is 0. The van der Waals surface area contributed by atoms with Crippen molar-refractivity contribution in [2.45, 2.75) is 13.0 Å². The van der Waals surface area contributed by atoms with Gasteiger partial charge in [0.25, 0.3) is 5.91 Å². The van der Waals surface area contributed by atoms with E-state index in [1.807, 2.05) is 0 Å². The predicted octanol–water partition coefficient (Wildman–Crippen LogP) is 3.85. The normalized spacial score (nSPS) is 15.6. The molecule has 0 radical (unpaired) electrons. The molecule has 0 unspecified atom stereocenters. The van der Waals surface area contributed by atoms with Gasteiger partial charge in [-0.15, -0.1) is 10.2 Å². The van der Waals surface area contributed by atoms with Crippen LogP contribution < -0.4 is 15.1 Å². The van der Waals surface area contributed by atoms with E-state index >= 15 is 0 Å². The predicted molar refractivity (Wildman–Crippen MR) is 109 cm³/mol. The van der Waals surface area contributed by atoms with Gasteiger partial charge in [0.15, 0.2) is 5.43 Å². The fourth-order valence-electron chi connectivity index (χ4n) is 3.65. The van der Waals surface area contributed by atoms with Crippen molar-refractivity contribution in [1.82, 2.24) is 10.2 Å². The standard InChI is InChI=1S/C21H14FN3O4S/c1-10-23-24-21(30-10)25-17(11-4-3-5-12(22)8-11)16-18(26)14-7-6-13(28-2)9-15(14)29-19(16)20(25)27/h3-9,17H,1-2H3/t17-/m1/s1. The van der Waals surface area contributed by atoms with E-state index in [9.17, 15) is 14.0 Å². The molecule has 1 aliphatic heterocycles. The Kier molecular flexibility index (Phi) is 4.14. The number of fused-ring (bicyclic) bond motifs is 2. The molecule has 0 aliphatic carbocycles. The third-order valence-electron chi connectivity index (χ3n) is 4.97. The molecular weight excluding hydrogens is 409 g/mol. The molecule has 2 aromatic carbocycles. The Labute approximate surface area is 173 Å². The lowest BCUT2D eigenvalue weighted by Gasteiger charge is -2.22. The number of ether oxygens (including phenoxy) is 1. The number of nitrogens with zero attached hydrogens (tertiary/aromatic N) is 3. The molecule has 7 nitrogen and oxygen atoms in total. The molecule has 1 atom stereocenters. The molecule has 5 rings (SSSR count). The van der Waals surface area contributed by atoms with Gasteiger partial charge >= 0.3 is 0 Å². The number of halogens is 1. The molecule has 1 aliphatic rings. The first-order valence-corrected chi connectivity index (χ1v) is 9.83. The summed E-state index contributed by atoms with van der Waals surface area (Å²) in [5, 5.41) is 9.31. The quantitative estimate of drug-likeness (QED) is 0.498. The summed E-state index contributed by atoms with van der Waals surface area (Å²) in [5.74, 6) is -0.605. The number of rotatable bonds is 3. The van der Waals surface area contributed by atoms with E-state index in [1.54, 1.807) is 31.2 Å². The Morgan fingerprint density at radius 1 is 1.17 bits per heavy atom. The van der Waals surface area contributed by atoms with Gasteiger partial charge in [-0.3, -0.25) is 14.5 Å². The third kappa shape index (κ3) is 2.70. The summed E-state index contributed by atoms with van der Waals surface area (Å²) in [6, 6.07) is 9.70. The lowest BCUT2D eigenvalue weighted by Crippen LogP contribution is -2.29. The van der Waals surface area contributed by atoms with Crippen molar-refractivity contribution in [3.8, 4) is 5.75 Å². The zero-order valence-electron chi connectivity index (χ0n) is 15.9. The molecule has 0 N–H and O–H groups in total. The fourth-order valence-corrected chi connectivity index (χ4v) is 4.37. The Morgan fingerprint density at radius 3 is 2.70 bits per heavy atom. The molecule has 4 aromatic rings. The highest BCUT2D eigenvalue weighted by atomic mass is 32.1. The van der Waals surface area contributed by atoms with Gasteiger partial charge in [-0.2, -0.15) is 0 Å². The summed E-state index contributed by atoms with van der Waals surface area (Å²) in [4.78, 5) is 28.1. The van der Waals surface area contributed by atoms with E-state index in [2.05, 4.69) is 10.2 Å². The van der Waals surface area contributed by atoms with Crippen LogP contribution in [0, 0.1) is 12.7 Å². The number of hydrogen-bond acceptors (Lipinski definition) is 7. The lowest BCUT2D eigenvalue weighted by molar-refractivity contribution is 0.0970. The Bertz CT molecular complexity index is 1380. The van der Waals surface area contributed by atoms with Crippen LogP contribution in [0.4, 0.5) is 9.52 Å². The van der Waals surface area contributed by atoms with Gasteiger partial charge in [-0.05, 0) is 36.8 Å². The highest BCUT2D eigenvalue weighted by Crippen LogP contribution is 2.42. The molecule has 1 amide bonds. The first kappa shape index (κ1) is 18.4. The number of benzene rings is 2. The maximum atomic E-state index is 14.0. The molecule has 0 bridgehead atoms. The summed E-state index contributed by atoms with van der Waals surface area (Å²) in [5.41, 5.74) is 0.464. The van der Waals surface area contributed by atoms with Gasteiger partial charge in [-0.25, -0.2) is 4.39 Å². The number of carbonyl (C=O) groups is 1. The van der Waals surface area contributed by atoms with Gasteiger partial charge in [0.1, 0.15) is 22.2 Å². The zero-order chi connectivity index (χ0) is 21.0. The molecule has 0 saturated carbocycles. The monoisotopic (exact) mass is 423 g/mol. The van der Waals surface area contributed by atoms with Crippen molar-refractivity contribution >= 4 is 33.3 Å². The maximum Gasteiger partial charge on any atom is 0.297 e. The minimum Gasteiger partial charge on any atom is -0.497 e. The first-order valence-electron chi connectivity index (χ1n) is 9.02. The summed E-state index contributed by atoms with van der Waals surface area (Å²) >= 11 is 1.20. The zero-order valence-corrected chi connectivity index (χ0v) is 16.7. The third-order valence-corrected chi connectivity index (χ3v) is 5.80. The number of carbonyl (C=O) groups excluding carboxylic acids is 1. The first-order chi connectivity index (χ1) is 14.5. The fraction of sp³-hybridized carbons (Fsp3) is 0.143. The molecule has 0 spiro atoms. The van der Waals surface area contributed by atoms with Crippen molar-refractivity contribution in [3.63, 3.8) is 0 Å². The van der Waals surface area contributed by atoms with E-state index < -0.39 is 17.8 Å². The van der Waals surface area contributed by atoms with Crippen molar-refractivity contribution in [2.75, 3.05) is 12.0 Å². The van der Waals surface area contributed by atoms with Crippen LogP contribution in [0.1, 0.15) is 32.7 Å². The molecule has 30 heavy (non-hydrogen) atoms. The van der Waals surface area contributed by atoms with E-state index in [0.717, 1.165) is 0 Å². The number of aryl methyl sites for hydroxylation is 1. The van der Waals surface area contributed by atoms with Crippen LogP contribution in [0.25, 0.3) is 11.0 Å². The molecule has 3 heterocycles. The van der Waals surface area contributed by atoms with Crippen LogP contribution in [0.15, 0.2) is 51.7 Å². The number of aromatic nitrogens is 2. The second-order valence-electron chi connectivity index (χ2n) is 6.77. The summed E-state index contributed by atoms with van der Waals surface area (Å²) in [7, 11) is 1.50. The Hall–Kier alpha value is -3.59. The van der Waals surface area contributed by atoms with Gasteiger partial charge in [-0.1, -0.05) is 23.5 Å². The van der Waals surface area contributed by atoms with Crippen molar-refractivity contribution in [2.24, 2.45) is 0 Å². The minimum absolute atomic E-state index is 0.0946. The van der Waals surface area contributed by atoms with Crippen LogP contribution in [-0.4, -0.2) is 23.2 Å². The van der Waals surface area contributed by atoms with Crippen LogP contribution in [0.5, 0.6) is 5.75 Å². The molecule has 150 valence electrons. The summed E-state index contributed by atoms with van der Waals surface area (Å²) in [6.45, 7) is 1.76. The van der Waals surface area contributed by atoms with E-state index in [1.165, 1.54) is 41.5 Å². The highest BCUT2D eigenvalue weighted by Gasteiger charge is 2.45. The highest BCUT2D eigenvalue weighted by molar-refractivity contribution is 7.15. The van der Waals surface area contributed by atoms with Gasteiger partial charge in [0.2, 0.25) is 10.9 Å². The lowest BCUT2D eigenvalue weighted by atomic mass is 9.98. The average Bonchev–Trinajstić information content (AvgIpc) is 3.29. The molecular formula is C21H14FN3O4S.